The molecule has 0 N–H and O–H groups in total. The van der Waals surface area contributed by atoms with Gasteiger partial charge in [-0.25, -0.2) is 15.0 Å². The monoisotopic (exact) mass is 729 g/mol. The number of hydrogen-bond donors (Lipinski definition) is 0. The molecule has 9 aromatic rings. The van der Waals surface area contributed by atoms with Crippen LogP contribution in [0.5, 0.6) is 0 Å². The highest BCUT2D eigenvalue weighted by Crippen LogP contribution is 2.54. The molecule has 8 aromatic carbocycles. The number of nitrogens with zero attached hydrogens (tertiary/aromatic N) is 3. The first-order valence-electron chi connectivity index (χ1n) is 19.5. The van der Waals surface area contributed by atoms with Crippen molar-refractivity contribution in [3.63, 3.8) is 0 Å². The third-order valence-corrected chi connectivity index (χ3v) is 11.3. The topological polar surface area (TPSA) is 38.7 Å². The van der Waals surface area contributed by atoms with Gasteiger partial charge < -0.3 is 0 Å². The van der Waals surface area contributed by atoms with E-state index in [1.54, 1.807) is 0 Å². The maximum Gasteiger partial charge on any atom is 0.164 e. The molecule has 0 aliphatic heterocycles. The van der Waals surface area contributed by atoms with Crippen LogP contribution in [0.25, 0.3) is 89.8 Å². The van der Waals surface area contributed by atoms with Gasteiger partial charge in [0.2, 0.25) is 0 Å². The van der Waals surface area contributed by atoms with E-state index in [2.05, 4.69) is 178 Å². The zero-order valence-corrected chi connectivity index (χ0v) is 31.9. The highest BCUT2D eigenvalue weighted by molar-refractivity contribution is 5.96. The van der Waals surface area contributed by atoms with E-state index < -0.39 is 0 Å². The lowest BCUT2D eigenvalue weighted by Gasteiger charge is -2.23. The van der Waals surface area contributed by atoms with Crippen LogP contribution in [-0.4, -0.2) is 15.0 Å². The van der Waals surface area contributed by atoms with Crippen LogP contribution in [0.3, 0.4) is 0 Å². The molecular formula is C54H39N3. The van der Waals surface area contributed by atoms with Gasteiger partial charge in [0.15, 0.2) is 17.5 Å². The summed E-state index contributed by atoms with van der Waals surface area (Å²) in [6.45, 7) is 4.75. The Bertz CT molecular complexity index is 2830. The second-order valence-corrected chi connectivity index (χ2v) is 15.3. The van der Waals surface area contributed by atoms with Crippen molar-refractivity contribution in [1.82, 2.24) is 15.0 Å². The maximum atomic E-state index is 5.13. The predicted octanol–water partition coefficient (Wildman–Crippen LogP) is 13.8. The largest absolute Gasteiger partial charge is 0.208 e. The van der Waals surface area contributed by atoms with E-state index in [1.165, 1.54) is 44.5 Å². The average molecular weight is 730 g/mol. The molecule has 0 saturated heterocycles. The molecule has 57 heavy (non-hydrogen) atoms. The molecule has 0 atom stereocenters. The molecule has 0 amide bonds. The predicted molar refractivity (Wildman–Crippen MR) is 235 cm³/mol. The SMILES string of the molecule is CC1(C)c2cc(-c3cc(-c4ccccc4)cc(-c4nc(-c5ccccc5)nc(-c5ccccc5)n4)c3)ccc2-c2c(-c3ccccc3)cc(-c3ccccc3)cc21. The van der Waals surface area contributed by atoms with Crippen molar-refractivity contribution >= 4 is 0 Å². The Morgan fingerprint density at radius 1 is 0.281 bits per heavy atom. The molecule has 1 aliphatic rings. The first-order chi connectivity index (χ1) is 28.0. The molecule has 0 spiro atoms. The Morgan fingerprint density at radius 2 is 0.667 bits per heavy atom. The third-order valence-electron chi connectivity index (χ3n) is 11.3. The number of benzene rings is 8. The Kier molecular flexibility index (Phi) is 8.49. The van der Waals surface area contributed by atoms with Crippen LogP contribution in [0.2, 0.25) is 0 Å². The molecule has 0 radical (unpaired) electrons. The molecule has 270 valence electrons. The van der Waals surface area contributed by atoms with Crippen molar-refractivity contribution in [3.05, 3.63) is 211 Å². The van der Waals surface area contributed by atoms with Gasteiger partial charge in [-0.3, -0.25) is 0 Å². The van der Waals surface area contributed by atoms with Crippen LogP contribution in [0.1, 0.15) is 25.0 Å². The van der Waals surface area contributed by atoms with Crippen molar-refractivity contribution in [2.24, 2.45) is 0 Å². The number of aromatic nitrogens is 3. The van der Waals surface area contributed by atoms with Crippen molar-refractivity contribution in [3.8, 4) is 89.8 Å². The van der Waals surface area contributed by atoms with Crippen LogP contribution >= 0.6 is 0 Å². The fourth-order valence-corrected chi connectivity index (χ4v) is 8.33. The molecule has 3 heteroatoms. The van der Waals surface area contributed by atoms with Gasteiger partial charge in [0.25, 0.3) is 0 Å². The average Bonchev–Trinajstić information content (AvgIpc) is 3.52. The van der Waals surface area contributed by atoms with Crippen LogP contribution in [0.4, 0.5) is 0 Å². The minimum absolute atomic E-state index is 0.238. The van der Waals surface area contributed by atoms with Crippen molar-refractivity contribution in [2.75, 3.05) is 0 Å². The molecule has 0 bridgehead atoms. The van der Waals surface area contributed by atoms with Gasteiger partial charge in [0.05, 0.1) is 0 Å². The van der Waals surface area contributed by atoms with Crippen molar-refractivity contribution in [2.45, 2.75) is 19.3 Å². The Balaban J connectivity index is 1.16. The third kappa shape index (κ3) is 6.33. The van der Waals surface area contributed by atoms with Gasteiger partial charge in [-0.05, 0) is 103 Å². The number of fused-ring (bicyclic) bond motifs is 3. The quantitative estimate of drug-likeness (QED) is 0.164. The fraction of sp³-hybridized carbons (Fsp3) is 0.0556. The van der Waals surface area contributed by atoms with E-state index >= 15 is 0 Å². The highest BCUT2D eigenvalue weighted by atomic mass is 15.0. The molecule has 0 fully saturated rings. The summed E-state index contributed by atoms with van der Waals surface area (Å²) >= 11 is 0. The van der Waals surface area contributed by atoms with E-state index in [4.69, 9.17) is 15.0 Å². The zero-order chi connectivity index (χ0) is 38.3. The summed E-state index contributed by atoms with van der Waals surface area (Å²) in [5.41, 5.74) is 17.3. The summed E-state index contributed by atoms with van der Waals surface area (Å²) in [7, 11) is 0. The van der Waals surface area contributed by atoms with E-state index in [0.29, 0.717) is 17.5 Å². The van der Waals surface area contributed by atoms with E-state index in [1.807, 2.05) is 36.4 Å². The smallest absolute Gasteiger partial charge is 0.164 e. The Morgan fingerprint density at radius 3 is 1.18 bits per heavy atom. The first-order valence-corrected chi connectivity index (χ1v) is 19.5. The highest BCUT2D eigenvalue weighted by Gasteiger charge is 2.38. The summed E-state index contributed by atoms with van der Waals surface area (Å²) < 4.78 is 0. The molecular weight excluding hydrogens is 691 g/mol. The molecule has 0 unspecified atom stereocenters. The first kappa shape index (κ1) is 34.3. The molecule has 0 saturated carbocycles. The molecule has 1 heterocycles. The zero-order valence-electron chi connectivity index (χ0n) is 31.9. The number of rotatable bonds is 7. The van der Waals surface area contributed by atoms with E-state index in [-0.39, 0.29) is 5.41 Å². The lowest BCUT2D eigenvalue weighted by atomic mass is 9.80. The van der Waals surface area contributed by atoms with Gasteiger partial charge >= 0.3 is 0 Å². The second kappa shape index (κ2) is 14.1. The lowest BCUT2D eigenvalue weighted by Crippen LogP contribution is -2.15. The Hall–Kier alpha value is -7.23. The summed E-state index contributed by atoms with van der Waals surface area (Å²) in [4.78, 5) is 15.2. The fourth-order valence-electron chi connectivity index (χ4n) is 8.33. The lowest BCUT2D eigenvalue weighted by molar-refractivity contribution is 0.661. The minimum atomic E-state index is -0.238. The summed E-state index contributed by atoms with van der Waals surface area (Å²) in [6, 6.07) is 71.1. The summed E-state index contributed by atoms with van der Waals surface area (Å²) in [5.74, 6) is 1.93. The summed E-state index contributed by atoms with van der Waals surface area (Å²) in [5, 5.41) is 0. The van der Waals surface area contributed by atoms with E-state index in [9.17, 15) is 0 Å². The van der Waals surface area contributed by atoms with Gasteiger partial charge in [-0.2, -0.15) is 0 Å². The van der Waals surface area contributed by atoms with Gasteiger partial charge in [0, 0.05) is 22.1 Å². The molecule has 1 aliphatic carbocycles. The minimum Gasteiger partial charge on any atom is -0.208 e. The summed E-state index contributed by atoms with van der Waals surface area (Å²) in [6.07, 6.45) is 0. The molecule has 10 rings (SSSR count). The van der Waals surface area contributed by atoms with Crippen molar-refractivity contribution < 1.29 is 0 Å². The van der Waals surface area contributed by atoms with Crippen molar-refractivity contribution in [1.29, 1.82) is 0 Å². The number of hydrogen-bond acceptors (Lipinski definition) is 3. The van der Waals surface area contributed by atoms with Crippen LogP contribution < -0.4 is 0 Å². The van der Waals surface area contributed by atoms with Gasteiger partial charge in [-0.15, -0.1) is 0 Å². The van der Waals surface area contributed by atoms with Crippen LogP contribution in [-0.2, 0) is 5.41 Å². The van der Waals surface area contributed by atoms with Crippen LogP contribution in [0.15, 0.2) is 200 Å². The molecule has 1 aromatic heterocycles. The molecule has 3 nitrogen and oxygen atoms in total. The van der Waals surface area contributed by atoms with Crippen LogP contribution in [0, 0.1) is 0 Å². The van der Waals surface area contributed by atoms with E-state index in [0.717, 1.165) is 38.9 Å². The maximum absolute atomic E-state index is 5.13. The standard InChI is InChI=1S/C54H39N3/c1-54(2)48-34-41(28-29-46(48)50-47(38-22-12-5-13-23-38)33-44(35-49(50)54)37-20-10-4-11-21-37)43-30-42(36-18-8-3-9-19-36)31-45(32-43)53-56-51(39-24-14-6-15-25-39)55-52(57-53)40-26-16-7-17-27-40/h3-35H,1-2H3. The normalized spacial score (nSPS) is 12.5. The van der Waals surface area contributed by atoms with Gasteiger partial charge in [-0.1, -0.05) is 178 Å². The second-order valence-electron chi connectivity index (χ2n) is 15.3. The Labute approximate surface area is 334 Å². The van der Waals surface area contributed by atoms with Gasteiger partial charge in [0.1, 0.15) is 0 Å².